The van der Waals surface area contributed by atoms with Gasteiger partial charge in [0.25, 0.3) is 11.1 Å². The molecule has 6 heteroatoms. The Morgan fingerprint density at radius 2 is 1.70 bits per heavy atom. The molecule has 23 heavy (non-hydrogen) atoms. The van der Waals surface area contributed by atoms with Crippen molar-refractivity contribution in [3.05, 3.63) is 74.6 Å². The molecule has 0 N–H and O–H groups in total. The number of hydrogen-bond acceptors (Lipinski definition) is 3. The number of amides is 2. The van der Waals surface area contributed by atoms with Crippen LogP contribution in [0.25, 0.3) is 6.08 Å². The highest BCUT2D eigenvalue weighted by Crippen LogP contribution is 2.33. The van der Waals surface area contributed by atoms with Gasteiger partial charge in [0.1, 0.15) is 0 Å². The van der Waals surface area contributed by atoms with Crippen LogP contribution in [-0.4, -0.2) is 16.0 Å². The van der Waals surface area contributed by atoms with E-state index >= 15 is 0 Å². The molecular formula is C17H11Cl2NO2S. The zero-order chi connectivity index (χ0) is 16.4. The molecule has 0 atom stereocenters. The first-order chi connectivity index (χ1) is 11.0. The van der Waals surface area contributed by atoms with Crippen molar-refractivity contribution in [2.24, 2.45) is 0 Å². The van der Waals surface area contributed by atoms with E-state index in [-0.39, 0.29) is 17.7 Å². The molecule has 1 aliphatic rings. The van der Waals surface area contributed by atoms with E-state index in [2.05, 4.69) is 0 Å². The number of carbonyl (C=O) groups excluding carboxylic acids is 2. The van der Waals surface area contributed by atoms with Gasteiger partial charge in [-0.05, 0) is 53.2 Å². The summed E-state index contributed by atoms with van der Waals surface area (Å²) in [5.41, 5.74) is 1.59. The summed E-state index contributed by atoms with van der Waals surface area (Å²) in [7, 11) is 0. The van der Waals surface area contributed by atoms with Crippen LogP contribution < -0.4 is 0 Å². The van der Waals surface area contributed by atoms with Gasteiger partial charge >= 0.3 is 0 Å². The second kappa shape index (κ2) is 6.79. The van der Waals surface area contributed by atoms with E-state index in [4.69, 9.17) is 23.2 Å². The van der Waals surface area contributed by atoms with Gasteiger partial charge in [-0.15, -0.1) is 0 Å². The summed E-state index contributed by atoms with van der Waals surface area (Å²) in [6.45, 7) is 0.206. The number of rotatable bonds is 3. The van der Waals surface area contributed by atoms with Gasteiger partial charge in [0.05, 0.1) is 11.4 Å². The van der Waals surface area contributed by atoms with Crippen LogP contribution in [0.2, 0.25) is 10.0 Å². The number of carbonyl (C=O) groups is 2. The topological polar surface area (TPSA) is 37.4 Å². The van der Waals surface area contributed by atoms with E-state index < -0.39 is 0 Å². The summed E-state index contributed by atoms with van der Waals surface area (Å²) in [6, 6.07) is 14.2. The van der Waals surface area contributed by atoms with Crippen molar-refractivity contribution >= 4 is 52.2 Å². The number of halogens is 2. The first-order valence-corrected chi connectivity index (χ1v) is 8.35. The van der Waals surface area contributed by atoms with Crippen LogP contribution in [0.1, 0.15) is 11.1 Å². The Balaban J connectivity index is 1.82. The van der Waals surface area contributed by atoms with Crippen LogP contribution in [0.5, 0.6) is 0 Å². The van der Waals surface area contributed by atoms with Crippen LogP contribution in [0, 0.1) is 0 Å². The maximum absolute atomic E-state index is 12.4. The molecule has 3 rings (SSSR count). The molecule has 2 amide bonds. The lowest BCUT2D eigenvalue weighted by molar-refractivity contribution is -0.123. The zero-order valence-electron chi connectivity index (χ0n) is 11.8. The summed E-state index contributed by atoms with van der Waals surface area (Å²) < 4.78 is 0. The number of thioether (sulfide) groups is 1. The minimum atomic E-state index is -0.306. The summed E-state index contributed by atoms with van der Waals surface area (Å²) in [6.07, 6.45) is 1.68. The maximum Gasteiger partial charge on any atom is 0.293 e. The van der Waals surface area contributed by atoms with Crippen LogP contribution in [0.4, 0.5) is 4.79 Å². The predicted molar refractivity (Wildman–Crippen MR) is 94.4 cm³/mol. The molecule has 1 aliphatic heterocycles. The van der Waals surface area contributed by atoms with E-state index in [1.54, 1.807) is 42.5 Å². The molecule has 0 aromatic heterocycles. The lowest BCUT2D eigenvalue weighted by atomic mass is 10.2. The number of hydrogen-bond donors (Lipinski definition) is 0. The second-order valence-electron chi connectivity index (χ2n) is 4.95. The molecule has 0 aliphatic carbocycles. The lowest BCUT2D eigenvalue weighted by Gasteiger charge is -2.12. The molecule has 1 saturated heterocycles. The van der Waals surface area contributed by atoms with E-state index in [0.717, 1.165) is 22.9 Å². The van der Waals surface area contributed by atoms with Crippen molar-refractivity contribution in [3.8, 4) is 0 Å². The Labute approximate surface area is 147 Å². The summed E-state index contributed by atoms with van der Waals surface area (Å²) in [5.74, 6) is -0.306. The molecule has 0 saturated carbocycles. The minimum Gasteiger partial charge on any atom is -0.268 e. The van der Waals surface area contributed by atoms with Gasteiger partial charge in [-0.25, -0.2) is 0 Å². The Bertz CT molecular complexity index is 820. The Morgan fingerprint density at radius 1 is 1.00 bits per heavy atom. The first-order valence-electron chi connectivity index (χ1n) is 6.78. The predicted octanol–water partition coefficient (Wildman–Crippen LogP) is 5.23. The molecule has 0 unspecified atom stereocenters. The van der Waals surface area contributed by atoms with E-state index in [1.165, 1.54) is 4.90 Å². The van der Waals surface area contributed by atoms with Gasteiger partial charge in [-0.2, -0.15) is 0 Å². The lowest BCUT2D eigenvalue weighted by Crippen LogP contribution is -2.27. The highest BCUT2D eigenvalue weighted by atomic mass is 35.5. The molecule has 1 fully saturated rings. The molecule has 0 radical (unpaired) electrons. The van der Waals surface area contributed by atoms with Crippen LogP contribution in [-0.2, 0) is 11.3 Å². The Kier molecular flexibility index (Phi) is 4.76. The monoisotopic (exact) mass is 363 g/mol. The normalized spacial score (nSPS) is 16.4. The minimum absolute atomic E-state index is 0.206. The molecule has 0 spiro atoms. The smallest absolute Gasteiger partial charge is 0.268 e. The van der Waals surface area contributed by atoms with Crippen LogP contribution in [0.3, 0.4) is 0 Å². The maximum atomic E-state index is 12.4. The quantitative estimate of drug-likeness (QED) is 0.700. The summed E-state index contributed by atoms with van der Waals surface area (Å²) in [5, 5.41) is 0.865. The Morgan fingerprint density at radius 3 is 2.39 bits per heavy atom. The molecule has 2 aromatic carbocycles. The molecule has 3 nitrogen and oxygen atoms in total. The molecule has 0 bridgehead atoms. The van der Waals surface area contributed by atoms with Gasteiger partial charge in [0, 0.05) is 10.0 Å². The van der Waals surface area contributed by atoms with Gasteiger partial charge < -0.3 is 0 Å². The fourth-order valence-electron chi connectivity index (χ4n) is 2.20. The van der Waals surface area contributed by atoms with Crippen molar-refractivity contribution in [1.82, 2.24) is 4.90 Å². The number of benzene rings is 2. The highest BCUT2D eigenvalue weighted by Gasteiger charge is 2.34. The van der Waals surface area contributed by atoms with E-state index in [9.17, 15) is 9.59 Å². The van der Waals surface area contributed by atoms with Crippen LogP contribution in [0.15, 0.2) is 53.4 Å². The highest BCUT2D eigenvalue weighted by molar-refractivity contribution is 8.18. The van der Waals surface area contributed by atoms with Crippen molar-refractivity contribution < 1.29 is 9.59 Å². The Hall–Kier alpha value is -1.75. The van der Waals surface area contributed by atoms with E-state index in [1.807, 2.05) is 12.1 Å². The fraction of sp³-hybridized carbons (Fsp3) is 0.0588. The molecular weight excluding hydrogens is 353 g/mol. The van der Waals surface area contributed by atoms with Crippen LogP contribution >= 0.6 is 35.0 Å². The average molecular weight is 364 g/mol. The van der Waals surface area contributed by atoms with Gasteiger partial charge in [-0.1, -0.05) is 47.5 Å². The third kappa shape index (κ3) is 3.78. The third-order valence-corrected chi connectivity index (χ3v) is 4.63. The SMILES string of the molecule is O=C1S/C(=C\c2cccc(Cl)c2)C(=O)N1Cc1cccc(Cl)c1. The molecule has 2 aromatic rings. The largest absolute Gasteiger partial charge is 0.293 e. The van der Waals surface area contributed by atoms with Gasteiger partial charge in [-0.3, -0.25) is 14.5 Å². The van der Waals surface area contributed by atoms with Gasteiger partial charge in [0.15, 0.2) is 0 Å². The molecule has 116 valence electrons. The van der Waals surface area contributed by atoms with Gasteiger partial charge in [0.2, 0.25) is 0 Å². The zero-order valence-corrected chi connectivity index (χ0v) is 14.2. The first kappa shape index (κ1) is 16.1. The molecule has 1 heterocycles. The summed E-state index contributed by atoms with van der Waals surface area (Å²) in [4.78, 5) is 26.2. The van der Waals surface area contributed by atoms with Crippen molar-refractivity contribution in [2.45, 2.75) is 6.54 Å². The number of imide groups is 1. The standard InChI is InChI=1S/C17H11Cl2NO2S/c18-13-5-1-3-11(7-13)9-15-16(21)20(17(22)23-15)10-12-4-2-6-14(19)8-12/h1-9H,10H2/b15-9-. The van der Waals surface area contributed by atoms with Crippen molar-refractivity contribution in [3.63, 3.8) is 0 Å². The third-order valence-electron chi connectivity index (χ3n) is 3.25. The van der Waals surface area contributed by atoms with Crippen molar-refractivity contribution in [2.75, 3.05) is 0 Å². The number of nitrogens with zero attached hydrogens (tertiary/aromatic N) is 1. The summed E-state index contributed by atoms with van der Waals surface area (Å²) >= 11 is 12.8. The van der Waals surface area contributed by atoms with E-state index in [0.29, 0.717) is 15.0 Å². The van der Waals surface area contributed by atoms with Crippen molar-refractivity contribution in [1.29, 1.82) is 0 Å². The second-order valence-corrected chi connectivity index (χ2v) is 6.82. The average Bonchev–Trinajstić information content (AvgIpc) is 2.75. The fourth-order valence-corrected chi connectivity index (χ4v) is 3.45.